The van der Waals surface area contributed by atoms with Crippen LogP contribution in [0.15, 0.2) is 46.4 Å². The lowest BCUT2D eigenvalue weighted by Crippen LogP contribution is -2.55. The fraction of sp³-hybridized carbons (Fsp3) is 0.211. The SMILES string of the molecule is CCN1C(=O)C(=Cc2ccc(-c3ccc([N+](=O)[O-])cc3)o2)C(=O)N(CC)C1=S. The summed E-state index contributed by atoms with van der Waals surface area (Å²) in [6.45, 7) is 4.27. The minimum absolute atomic E-state index is 0.0219. The van der Waals surface area contributed by atoms with Crippen LogP contribution in [0.2, 0.25) is 0 Å². The number of furan rings is 1. The lowest BCUT2D eigenvalue weighted by molar-refractivity contribution is -0.384. The third-order valence-electron chi connectivity index (χ3n) is 4.32. The van der Waals surface area contributed by atoms with Gasteiger partial charge in [0.15, 0.2) is 5.11 Å². The second-order valence-electron chi connectivity index (χ2n) is 5.95. The van der Waals surface area contributed by atoms with Crippen molar-refractivity contribution in [3.63, 3.8) is 0 Å². The van der Waals surface area contributed by atoms with Crippen LogP contribution in [-0.4, -0.2) is 44.7 Å². The van der Waals surface area contributed by atoms with E-state index in [0.717, 1.165) is 0 Å². The van der Waals surface area contributed by atoms with Gasteiger partial charge in [0.2, 0.25) is 0 Å². The smallest absolute Gasteiger partial charge is 0.269 e. The van der Waals surface area contributed by atoms with E-state index in [2.05, 4.69) is 0 Å². The Labute approximate surface area is 166 Å². The van der Waals surface area contributed by atoms with E-state index in [1.165, 1.54) is 28.0 Å². The number of nitrogens with zero attached hydrogens (tertiary/aromatic N) is 3. The summed E-state index contributed by atoms with van der Waals surface area (Å²) in [7, 11) is 0. The molecule has 2 aromatic rings. The monoisotopic (exact) mass is 399 g/mol. The van der Waals surface area contributed by atoms with Gasteiger partial charge in [-0.2, -0.15) is 0 Å². The molecule has 1 aromatic heterocycles. The number of carbonyl (C=O) groups is 2. The molecule has 0 radical (unpaired) electrons. The molecule has 0 aliphatic carbocycles. The van der Waals surface area contributed by atoms with Gasteiger partial charge in [-0.05, 0) is 56.4 Å². The van der Waals surface area contributed by atoms with Crippen LogP contribution in [0.3, 0.4) is 0 Å². The number of rotatable bonds is 5. The molecule has 1 aromatic carbocycles. The van der Waals surface area contributed by atoms with Crippen molar-refractivity contribution < 1.29 is 18.9 Å². The fourth-order valence-corrected chi connectivity index (χ4v) is 3.28. The predicted octanol–water partition coefficient (Wildman–Crippen LogP) is 3.23. The Morgan fingerprint density at radius 1 is 1.04 bits per heavy atom. The molecular weight excluding hydrogens is 382 g/mol. The summed E-state index contributed by atoms with van der Waals surface area (Å²) in [6, 6.07) is 9.20. The molecule has 9 heteroatoms. The molecule has 0 atom stereocenters. The van der Waals surface area contributed by atoms with Crippen molar-refractivity contribution in [2.45, 2.75) is 13.8 Å². The molecule has 1 aliphatic heterocycles. The van der Waals surface area contributed by atoms with Crippen molar-refractivity contribution in [3.05, 3.63) is 57.8 Å². The molecule has 3 rings (SSSR count). The number of amides is 2. The first-order chi connectivity index (χ1) is 13.4. The Morgan fingerprint density at radius 3 is 2.11 bits per heavy atom. The highest BCUT2D eigenvalue weighted by atomic mass is 32.1. The fourth-order valence-electron chi connectivity index (χ4n) is 2.86. The van der Waals surface area contributed by atoms with Crippen LogP contribution in [0.4, 0.5) is 5.69 Å². The van der Waals surface area contributed by atoms with E-state index in [0.29, 0.717) is 30.2 Å². The Morgan fingerprint density at radius 2 is 1.61 bits per heavy atom. The second-order valence-corrected chi connectivity index (χ2v) is 6.31. The summed E-state index contributed by atoms with van der Waals surface area (Å²) in [5.41, 5.74) is 0.594. The van der Waals surface area contributed by atoms with Gasteiger partial charge < -0.3 is 4.42 Å². The Bertz CT molecular complexity index is 965. The topological polar surface area (TPSA) is 96.9 Å². The van der Waals surface area contributed by atoms with Crippen LogP contribution >= 0.6 is 12.2 Å². The predicted molar refractivity (Wildman–Crippen MR) is 106 cm³/mol. The third kappa shape index (κ3) is 3.44. The maximum atomic E-state index is 12.6. The number of nitro groups is 1. The summed E-state index contributed by atoms with van der Waals surface area (Å²) < 4.78 is 5.71. The number of hydrogen-bond donors (Lipinski definition) is 0. The third-order valence-corrected chi connectivity index (χ3v) is 4.76. The van der Waals surface area contributed by atoms with Crippen molar-refractivity contribution in [3.8, 4) is 11.3 Å². The Hall–Kier alpha value is -3.33. The van der Waals surface area contributed by atoms with Crippen LogP contribution < -0.4 is 0 Å². The molecule has 0 unspecified atom stereocenters. The van der Waals surface area contributed by atoms with Crippen molar-refractivity contribution in [1.29, 1.82) is 0 Å². The number of carbonyl (C=O) groups excluding carboxylic acids is 2. The standard InChI is InChI=1S/C19H17N3O5S/c1-3-20-17(23)15(18(24)21(4-2)19(20)28)11-14-9-10-16(27-14)12-5-7-13(8-6-12)22(25)26/h5-11H,3-4H2,1-2H3. The summed E-state index contributed by atoms with van der Waals surface area (Å²) in [4.78, 5) is 38.3. The number of nitro benzene ring substituents is 1. The molecule has 2 heterocycles. The average Bonchev–Trinajstić information content (AvgIpc) is 3.15. The largest absolute Gasteiger partial charge is 0.457 e. The van der Waals surface area contributed by atoms with Gasteiger partial charge >= 0.3 is 0 Å². The highest BCUT2D eigenvalue weighted by molar-refractivity contribution is 7.80. The van der Waals surface area contributed by atoms with Crippen molar-refractivity contribution in [1.82, 2.24) is 9.80 Å². The molecule has 8 nitrogen and oxygen atoms in total. The number of non-ortho nitro benzene ring substituents is 1. The quantitative estimate of drug-likeness (QED) is 0.252. The molecular formula is C19H17N3O5S. The minimum Gasteiger partial charge on any atom is -0.457 e. The molecule has 1 fully saturated rings. The van der Waals surface area contributed by atoms with Crippen molar-refractivity contribution >= 4 is 40.9 Å². The van der Waals surface area contributed by atoms with E-state index in [9.17, 15) is 19.7 Å². The second kappa shape index (κ2) is 7.73. The van der Waals surface area contributed by atoms with Gasteiger partial charge in [-0.15, -0.1) is 0 Å². The van der Waals surface area contributed by atoms with Gasteiger partial charge in [0.25, 0.3) is 17.5 Å². The van der Waals surface area contributed by atoms with Gasteiger partial charge in [0.1, 0.15) is 17.1 Å². The lowest BCUT2D eigenvalue weighted by atomic mass is 10.1. The normalized spacial score (nSPS) is 14.6. The van der Waals surface area contributed by atoms with E-state index in [1.54, 1.807) is 38.1 Å². The van der Waals surface area contributed by atoms with Crippen LogP contribution in [0.5, 0.6) is 0 Å². The Kier molecular flexibility index (Phi) is 5.36. The van der Waals surface area contributed by atoms with Gasteiger partial charge in [0, 0.05) is 30.8 Å². The van der Waals surface area contributed by atoms with E-state index in [4.69, 9.17) is 16.6 Å². The van der Waals surface area contributed by atoms with E-state index >= 15 is 0 Å². The highest BCUT2D eigenvalue weighted by Crippen LogP contribution is 2.27. The first-order valence-electron chi connectivity index (χ1n) is 8.61. The number of likely N-dealkylation sites (N-methyl/N-ethyl adjacent to an activating group) is 2. The molecule has 1 saturated heterocycles. The van der Waals surface area contributed by atoms with Crippen LogP contribution in [0.1, 0.15) is 19.6 Å². The maximum absolute atomic E-state index is 12.6. The molecule has 1 aliphatic rings. The van der Waals surface area contributed by atoms with E-state index < -0.39 is 16.7 Å². The molecule has 28 heavy (non-hydrogen) atoms. The molecule has 0 spiro atoms. The number of hydrogen-bond acceptors (Lipinski definition) is 6. The summed E-state index contributed by atoms with van der Waals surface area (Å²) in [5.74, 6) is -0.136. The highest BCUT2D eigenvalue weighted by Gasteiger charge is 2.38. The first kappa shape index (κ1) is 19.4. The molecule has 0 saturated carbocycles. The minimum atomic E-state index is -0.481. The molecule has 0 bridgehead atoms. The maximum Gasteiger partial charge on any atom is 0.269 e. The molecule has 0 N–H and O–H groups in total. The van der Waals surface area contributed by atoms with E-state index in [-0.39, 0.29) is 16.4 Å². The van der Waals surface area contributed by atoms with Gasteiger partial charge in [-0.25, -0.2) is 0 Å². The summed E-state index contributed by atoms with van der Waals surface area (Å²) >= 11 is 5.23. The van der Waals surface area contributed by atoms with Crippen LogP contribution in [0, 0.1) is 10.1 Å². The zero-order chi connectivity index (χ0) is 20.4. The number of thiocarbonyl (C=S) groups is 1. The summed E-state index contributed by atoms with van der Waals surface area (Å²) in [6.07, 6.45) is 1.40. The average molecular weight is 399 g/mol. The summed E-state index contributed by atoms with van der Waals surface area (Å²) in [5, 5.41) is 11.0. The van der Waals surface area contributed by atoms with E-state index in [1.807, 2.05) is 0 Å². The van der Waals surface area contributed by atoms with Crippen molar-refractivity contribution in [2.75, 3.05) is 13.1 Å². The van der Waals surface area contributed by atoms with Gasteiger partial charge in [0.05, 0.1) is 4.92 Å². The van der Waals surface area contributed by atoms with Gasteiger partial charge in [-0.3, -0.25) is 29.5 Å². The Balaban J connectivity index is 1.93. The zero-order valence-corrected chi connectivity index (χ0v) is 16.1. The first-order valence-corrected chi connectivity index (χ1v) is 9.02. The lowest BCUT2D eigenvalue weighted by Gasteiger charge is -2.35. The van der Waals surface area contributed by atoms with Crippen LogP contribution in [0.25, 0.3) is 17.4 Å². The van der Waals surface area contributed by atoms with Crippen LogP contribution in [-0.2, 0) is 9.59 Å². The molecule has 144 valence electrons. The zero-order valence-electron chi connectivity index (χ0n) is 15.2. The molecule has 2 amide bonds. The van der Waals surface area contributed by atoms with Crippen molar-refractivity contribution in [2.24, 2.45) is 0 Å². The van der Waals surface area contributed by atoms with Gasteiger partial charge in [-0.1, -0.05) is 0 Å². The number of benzene rings is 1.